The Hall–Kier alpha value is -2.58. The van der Waals surface area contributed by atoms with Gasteiger partial charge in [0.2, 0.25) is 0 Å². The van der Waals surface area contributed by atoms with E-state index in [1.54, 1.807) is 19.2 Å². The van der Waals surface area contributed by atoms with Gasteiger partial charge in [-0.15, -0.1) is 5.10 Å². The second kappa shape index (κ2) is 7.10. The Morgan fingerprint density at radius 2 is 1.89 bits per heavy atom. The average molecular weight is 395 g/mol. The predicted octanol–water partition coefficient (Wildman–Crippen LogP) is 5.01. The molecule has 2 heterocycles. The molecule has 1 unspecified atom stereocenters. The first-order valence-corrected chi connectivity index (χ1v) is 9.06. The SMILES string of the molecule is CNc1nnc(C2=Nc3c(cc(NCC(F)(F)F)cc3C(C)(C)C)C(C)C2)o1. The molecule has 1 aromatic heterocycles. The van der Waals surface area contributed by atoms with E-state index in [0.717, 1.165) is 16.8 Å². The number of benzene rings is 1. The van der Waals surface area contributed by atoms with Gasteiger partial charge >= 0.3 is 12.2 Å². The smallest absolute Gasteiger partial charge is 0.402 e. The van der Waals surface area contributed by atoms with Gasteiger partial charge in [0.1, 0.15) is 12.3 Å². The van der Waals surface area contributed by atoms with E-state index in [9.17, 15) is 13.2 Å². The minimum atomic E-state index is -4.28. The monoisotopic (exact) mass is 395 g/mol. The van der Waals surface area contributed by atoms with E-state index in [0.29, 0.717) is 29.7 Å². The van der Waals surface area contributed by atoms with Gasteiger partial charge in [-0.3, -0.25) is 0 Å². The molecule has 1 atom stereocenters. The van der Waals surface area contributed by atoms with Crippen molar-refractivity contribution in [3.63, 3.8) is 0 Å². The van der Waals surface area contributed by atoms with E-state index in [2.05, 4.69) is 20.8 Å². The lowest BCUT2D eigenvalue weighted by Crippen LogP contribution is -2.23. The molecular formula is C19H24F3N5O. The fraction of sp³-hybridized carbons (Fsp3) is 0.526. The Bertz CT molecular complexity index is 896. The van der Waals surface area contributed by atoms with E-state index in [1.165, 1.54) is 0 Å². The van der Waals surface area contributed by atoms with Crippen molar-refractivity contribution in [3.8, 4) is 0 Å². The van der Waals surface area contributed by atoms with Gasteiger partial charge in [0.05, 0.1) is 5.69 Å². The van der Waals surface area contributed by atoms with Crippen molar-refractivity contribution in [2.24, 2.45) is 4.99 Å². The molecule has 6 nitrogen and oxygen atoms in total. The van der Waals surface area contributed by atoms with Gasteiger partial charge < -0.3 is 15.1 Å². The summed E-state index contributed by atoms with van der Waals surface area (Å²) in [4.78, 5) is 4.77. The topological polar surface area (TPSA) is 75.3 Å². The lowest BCUT2D eigenvalue weighted by atomic mass is 9.80. The van der Waals surface area contributed by atoms with E-state index >= 15 is 0 Å². The summed E-state index contributed by atoms with van der Waals surface area (Å²) in [5, 5.41) is 13.2. The van der Waals surface area contributed by atoms with E-state index in [1.807, 2.05) is 27.7 Å². The predicted molar refractivity (Wildman–Crippen MR) is 103 cm³/mol. The molecule has 0 aliphatic carbocycles. The zero-order valence-electron chi connectivity index (χ0n) is 16.5. The first kappa shape index (κ1) is 20.2. The molecule has 0 bridgehead atoms. The molecule has 0 saturated heterocycles. The Balaban J connectivity index is 2.07. The molecule has 3 rings (SSSR count). The molecule has 0 radical (unpaired) electrons. The average Bonchev–Trinajstić information content (AvgIpc) is 3.07. The van der Waals surface area contributed by atoms with Crippen molar-refractivity contribution >= 4 is 23.1 Å². The van der Waals surface area contributed by atoms with E-state index in [-0.39, 0.29) is 11.3 Å². The zero-order chi connectivity index (χ0) is 20.7. The summed E-state index contributed by atoms with van der Waals surface area (Å²) >= 11 is 0. The molecule has 0 fully saturated rings. The first-order chi connectivity index (χ1) is 13.0. The molecule has 0 spiro atoms. The van der Waals surface area contributed by atoms with E-state index < -0.39 is 12.7 Å². The molecule has 1 aliphatic rings. The molecule has 1 aliphatic heterocycles. The van der Waals surface area contributed by atoms with Crippen LogP contribution in [0.5, 0.6) is 0 Å². The number of rotatable bonds is 4. The Labute approximate surface area is 161 Å². The third-order valence-corrected chi connectivity index (χ3v) is 4.60. The zero-order valence-corrected chi connectivity index (χ0v) is 16.5. The van der Waals surface area contributed by atoms with Crippen molar-refractivity contribution in [1.82, 2.24) is 10.2 Å². The molecule has 0 saturated carbocycles. The molecule has 2 aromatic rings. The highest BCUT2D eigenvalue weighted by Crippen LogP contribution is 2.44. The number of alkyl halides is 3. The summed E-state index contributed by atoms with van der Waals surface area (Å²) in [5.41, 5.74) is 3.36. The number of nitrogens with zero attached hydrogens (tertiary/aromatic N) is 3. The molecule has 2 N–H and O–H groups in total. The summed E-state index contributed by atoms with van der Waals surface area (Å²) in [6.45, 7) is 6.97. The maximum Gasteiger partial charge on any atom is 0.405 e. The number of hydrogen-bond acceptors (Lipinski definition) is 6. The van der Waals surface area contributed by atoms with Gasteiger partial charge in [0.15, 0.2) is 0 Å². The summed E-state index contributed by atoms with van der Waals surface area (Å²) in [7, 11) is 1.69. The maximum atomic E-state index is 12.6. The van der Waals surface area contributed by atoms with Crippen LogP contribution < -0.4 is 10.6 Å². The Kier molecular flexibility index (Phi) is 5.12. The van der Waals surface area contributed by atoms with E-state index in [4.69, 9.17) is 9.41 Å². The van der Waals surface area contributed by atoms with Gasteiger partial charge in [0.25, 0.3) is 5.89 Å². The van der Waals surface area contributed by atoms with Crippen molar-refractivity contribution in [3.05, 3.63) is 29.2 Å². The number of aromatic nitrogens is 2. The third-order valence-electron chi connectivity index (χ3n) is 4.60. The summed E-state index contributed by atoms with van der Waals surface area (Å²) < 4.78 is 43.5. The van der Waals surface area contributed by atoms with Crippen molar-refractivity contribution < 1.29 is 17.6 Å². The van der Waals surface area contributed by atoms with Crippen LogP contribution in [0.1, 0.15) is 57.1 Å². The van der Waals surface area contributed by atoms with Crippen molar-refractivity contribution in [2.45, 2.75) is 51.6 Å². The first-order valence-electron chi connectivity index (χ1n) is 9.06. The fourth-order valence-electron chi connectivity index (χ4n) is 3.19. The second-order valence-corrected chi connectivity index (χ2v) is 8.01. The van der Waals surface area contributed by atoms with Gasteiger partial charge in [-0.2, -0.15) is 13.2 Å². The van der Waals surface area contributed by atoms with Crippen LogP contribution in [0.3, 0.4) is 0 Å². The quantitative estimate of drug-likeness (QED) is 0.761. The number of anilines is 2. The van der Waals surface area contributed by atoms with Crippen LogP contribution in [0, 0.1) is 0 Å². The minimum absolute atomic E-state index is 0.0428. The maximum absolute atomic E-state index is 12.6. The molecule has 9 heteroatoms. The van der Waals surface area contributed by atoms with Crippen LogP contribution in [0.25, 0.3) is 0 Å². The van der Waals surface area contributed by atoms with Gasteiger partial charge in [-0.1, -0.05) is 32.8 Å². The van der Waals surface area contributed by atoms with Crippen molar-refractivity contribution in [2.75, 3.05) is 24.2 Å². The van der Waals surface area contributed by atoms with Crippen LogP contribution in [0.4, 0.5) is 30.6 Å². The standard InChI is InChI=1S/C19H24F3N5O/c1-10-6-14(16-26-27-17(23-5)28-16)25-15-12(10)7-11(24-9-19(20,21)22)8-13(15)18(2,3)4/h7-8,10,24H,6,9H2,1-5H3,(H,23,27). The normalized spacial score (nSPS) is 17.1. The Morgan fingerprint density at radius 3 is 2.46 bits per heavy atom. The highest BCUT2D eigenvalue weighted by Gasteiger charge is 2.31. The highest BCUT2D eigenvalue weighted by molar-refractivity contribution is 6.01. The summed E-state index contributed by atoms with van der Waals surface area (Å²) in [6, 6.07) is 3.81. The van der Waals surface area contributed by atoms with Crippen LogP contribution in [-0.2, 0) is 5.41 Å². The second-order valence-electron chi connectivity index (χ2n) is 8.01. The van der Waals surface area contributed by atoms with Gasteiger partial charge in [0, 0.05) is 19.2 Å². The fourth-order valence-corrected chi connectivity index (χ4v) is 3.19. The lowest BCUT2D eigenvalue weighted by molar-refractivity contribution is -0.115. The number of aliphatic imine (C=N–C) groups is 1. The van der Waals surface area contributed by atoms with Crippen LogP contribution in [0.2, 0.25) is 0 Å². The molecule has 1 aromatic carbocycles. The van der Waals surface area contributed by atoms with Crippen LogP contribution in [0.15, 0.2) is 21.5 Å². The number of hydrogen-bond donors (Lipinski definition) is 2. The third kappa shape index (κ3) is 4.28. The van der Waals surface area contributed by atoms with Crippen molar-refractivity contribution in [1.29, 1.82) is 0 Å². The molecule has 28 heavy (non-hydrogen) atoms. The van der Waals surface area contributed by atoms with Gasteiger partial charge in [-0.05, 0) is 34.6 Å². The van der Waals surface area contributed by atoms with Crippen LogP contribution >= 0.6 is 0 Å². The highest BCUT2D eigenvalue weighted by atomic mass is 19.4. The Morgan fingerprint density at radius 1 is 1.18 bits per heavy atom. The van der Waals surface area contributed by atoms with Crippen LogP contribution in [-0.4, -0.2) is 35.7 Å². The number of nitrogens with one attached hydrogen (secondary N) is 2. The lowest BCUT2D eigenvalue weighted by Gasteiger charge is -2.29. The number of halogens is 3. The number of fused-ring (bicyclic) bond motifs is 1. The molecule has 0 amide bonds. The summed E-state index contributed by atoms with van der Waals surface area (Å²) in [6.07, 6.45) is -3.72. The molecule has 152 valence electrons. The minimum Gasteiger partial charge on any atom is -0.402 e. The van der Waals surface area contributed by atoms with Gasteiger partial charge in [-0.25, -0.2) is 4.99 Å². The summed E-state index contributed by atoms with van der Waals surface area (Å²) in [5.74, 6) is 0.391. The molecular weight excluding hydrogens is 371 g/mol. The largest absolute Gasteiger partial charge is 0.405 e.